The van der Waals surface area contributed by atoms with Crippen molar-refractivity contribution in [2.45, 2.75) is 13.1 Å². The molecule has 0 aliphatic heterocycles. The van der Waals surface area contributed by atoms with Crippen molar-refractivity contribution in [2.24, 2.45) is 0 Å². The van der Waals surface area contributed by atoms with Crippen molar-refractivity contribution in [3.63, 3.8) is 0 Å². The number of nitrogens with one attached hydrogen (secondary N) is 2. The van der Waals surface area contributed by atoms with Crippen LogP contribution in [0, 0.1) is 0 Å². The third-order valence-electron chi connectivity index (χ3n) is 3.63. The maximum atomic E-state index is 12.1. The van der Waals surface area contributed by atoms with Crippen molar-refractivity contribution >= 4 is 39.2 Å². The number of carbonyl (C=O) groups excluding carboxylic acids is 1. The first-order valence-electron chi connectivity index (χ1n) is 7.66. The Balaban J connectivity index is 1.62. The van der Waals surface area contributed by atoms with Gasteiger partial charge in [0.25, 0.3) is 0 Å². The number of anilines is 1. The number of urea groups is 1. The third kappa shape index (κ3) is 4.84. The average molecular weight is 420 g/mol. The normalized spacial score (nSPS) is 10.5. The molecule has 3 aromatic rings. The Bertz CT molecular complexity index is 867. The lowest BCUT2D eigenvalue weighted by Crippen LogP contribution is -2.28. The largest absolute Gasteiger partial charge is 0.334 e. The molecule has 2 amide bonds. The van der Waals surface area contributed by atoms with Crippen molar-refractivity contribution in [3.8, 4) is 0 Å². The maximum Gasteiger partial charge on any atom is 0.319 e. The molecule has 3 rings (SSSR count). The zero-order valence-corrected chi connectivity index (χ0v) is 15.6. The van der Waals surface area contributed by atoms with Crippen molar-refractivity contribution in [1.82, 2.24) is 15.1 Å². The minimum atomic E-state index is -0.307. The summed E-state index contributed by atoms with van der Waals surface area (Å²) in [5.41, 5.74) is 2.70. The molecule has 0 atom stereocenters. The molecule has 0 unspecified atom stereocenters. The highest BCUT2D eigenvalue weighted by molar-refractivity contribution is 9.10. The molecular formula is C18H16BrClN4O. The number of carbonyl (C=O) groups is 1. The fourth-order valence-corrected chi connectivity index (χ4v) is 3.11. The molecule has 0 aliphatic rings. The lowest BCUT2D eigenvalue weighted by Gasteiger charge is -2.12. The van der Waals surface area contributed by atoms with Gasteiger partial charge >= 0.3 is 6.03 Å². The fraction of sp³-hybridized carbons (Fsp3) is 0.111. The number of halogens is 2. The van der Waals surface area contributed by atoms with Gasteiger partial charge in [-0.25, -0.2) is 4.79 Å². The molecule has 0 aliphatic carbocycles. The van der Waals surface area contributed by atoms with Gasteiger partial charge in [0.05, 0.1) is 17.3 Å². The monoisotopic (exact) mass is 418 g/mol. The van der Waals surface area contributed by atoms with E-state index in [1.54, 1.807) is 18.3 Å². The summed E-state index contributed by atoms with van der Waals surface area (Å²) in [4.78, 5) is 12.1. The number of aromatic nitrogens is 2. The van der Waals surface area contributed by atoms with Gasteiger partial charge in [0.15, 0.2) is 0 Å². The molecule has 2 aromatic carbocycles. The van der Waals surface area contributed by atoms with Gasteiger partial charge in [0.2, 0.25) is 0 Å². The molecule has 5 nitrogen and oxygen atoms in total. The zero-order chi connectivity index (χ0) is 17.6. The first-order chi connectivity index (χ1) is 12.1. The van der Waals surface area contributed by atoms with Crippen LogP contribution in [0.15, 0.2) is 65.4 Å². The molecule has 0 fully saturated rings. The van der Waals surface area contributed by atoms with E-state index in [0.717, 1.165) is 15.6 Å². The molecule has 1 heterocycles. The quantitative estimate of drug-likeness (QED) is 0.631. The van der Waals surface area contributed by atoms with Gasteiger partial charge in [-0.05, 0) is 35.4 Å². The minimum Gasteiger partial charge on any atom is -0.334 e. The van der Waals surface area contributed by atoms with Crippen molar-refractivity contribution < 1.29 is 4.79 Å². The topological polar surface area (TPSA) is 59.0 Å². The summed E-state index contributed by atoms with van der Waals surface area (Å²) in [6.45, 7) is 1.07. The molecular weight excluding hydrogens is 404 g/mol. The Morgan fingerprint density at radius 2 is 1.96 bits per heavy atom. The summed E-state index contributed by atoms with van der Waals surface area (Å²) >= 11 is 9.45. The van der Waals surface area contributed by atoms with Gasteiger partial charge in [-0.2, -0.15) is 5.10 Å². The van der Waals surface area contributed by atoms with Gasteiger partial charge in [-0.15, -0.1) is 0 Å². The standard InChI is InChI=1S/C18H16BrClN4O/c19-15-6-7-17(16(20)10-15)23-18(25)21-11-13-4-1-2-5-14(13)12-24-9-3-8-22-24/h1-10H,11-12H2,(H2,21,23,25). The number of rotatable bonds is 5. The molecule has 0 saturated carbocycles. The third-order valence-corrected chi connectivity index (χ3v) is 4.43. The number of nitrogens with zero attached hydrogens (tertiary/aromatic N) is 2. The first-order valence-corrected chi connectivity index (χ1v) is 8.83. The summed E-state index contributed by atoms with van der Waals surface area (Å²) in [7, 11) is 0. The van der Waals surface area contributed by atoms with Crippen LogP contribution in [0.1, 0.15) is 11.1 Å². The molecule has 0 saturated heterocycles. The van der Waals surface area contributed by atoms with Gasteiger partial charge in [-0.1, -0.05) is 51.8 Å². The lowest BCUT2D eigenvalue weighted by molar-refractivity contribution is 0.251. The van der Waals surface area contributed by atoms with Crippen LogP contribution in [0.4, 0.5) is 10.5 Å². The van der Waals surface area contributed by atoms with E-state index in [1.165, 1.54) is 0 Å². The van der Waals surface area contributed by atoms with E-state index in [2.05, 4.69) is 31.7 Å². The van der Waals surface area contributed by atoms with E-state index >= 15 is 0 Å². The van der Waals surface area contributed by atoms with E-state index in [4.69, 9.17) is 11.6 Å². The van der Waals surface area contributed by atoms with E-state index in [9.17, 15) is 4.79 Å². The average Bonchev–Trinajstić information content (AvgIpc) is 3.10. The fourth-order valence-electron chi connectivity index (χ4n) is 2.39. The summed E-state index contributed by atoms with van der Waals surface area (Å²) < 4.78 is 2.71. The van der Waals surface area contributed by atoms with Gasteiger partial charge in [0, 0.05) is 23.4 Å². The second-order valence-corrected chi connectivity index (χ2v) is 6.73. The Labute approximate surface area is 159 Å². The summed E-state index contributed by atoms with van der Waals surface area (Å²) in [6, 6.07) is 14.8. The van der Waals surface area contributed by atoms with Crippen LogP contribution in [0.3, 0.4) is 0 Å². The van der Waals surface area contributed by atoms with E-state index < -0.39 is 0 Å². The Kier molecular flexibility index (Phi) is 5.73. The number of hydrogen-bond acceptors (Lipinski definition) is 2. The number of amides is 2. The van der Waals surface area contributed by atoms with Gasteiger partial charge in [-0.3, -0.25) is 4.68 Å². The van der Waals surface area contributed by atoms with Crippen LogP contribution in [0.25, 0.3) is 0 Å². The highest BCUT2D eigenvalue weighted by Crippen LogP contribution is 2.25. The second kappa shape index (κ2) is 8.18. The van der Waals surface area contributed by atoms with Gasteiger partial charge in [0.1, 0.15) is 0 Å². The predicted molar refractivity (Wildman–Crippen MR) is 103 cm³/mol. The SMILES string of the molecule is O=C(NCc1ccccc1Cn1cccn1)Nc1ccc(Br)cc1Cl. The Morgan fingerprint density at radius 3 is 2.68 bits per heavy atom. The summed E-state index contributed by atoms with van der Waals surface area (Å²) in [6.07, 6.45) is 3.66. The molecule has 25 heavy (non-hydrogen) atoms. The van der Waals surface area contributed by atoms with Crippen LogP contribution in [-0.2, 0) is 13.1 Å². The highest BCUT2D eigenvalue weighted by Gasteiger charge is 2.08. The number of hydrogen-bond donors (Lipinski definition) is 2. The molecule has 0 radical (unpaired) electrons. The molecule has 0 bridgehead atoms. The molecule has 0 spiro atoms. The molecule has 128 valence electrons. The van der Waals surface area contributed by atoms with Gasteiger partial charge < -0.3 is 10.6 Å². The predicted octanol–water partition coefficient (Wildman–Crippen LogP) is 4.67. The lowest BCUT2D eigenvalue weighted by atomic mass is 10.1. The Hall–Kier alpha value is -2.31. The second-order valence-electron chi connectivity index (χ2n) is 5.40. The smallest absolute Gasteiger partial charge is 0.319 e. The zero-order valence-electron chi connectivity index (χ0n) is 13.2. The molecule has 2 N–H and O–H groups in total. The Morgan fingerprint density at radius 1 is 1.16 bits per heavy atom. The summed E-state index contributed by atoms with van der Waals surface area (Å²) in [5.74, 6) is 0. The van der Waals surface area contributed by atoms with Crippen LogP contribution in [-0.4, -0.2) is 15.8 Å². The van der Waals surface area contributed by atoms with E-state index in [0.29, 0.717) is 23.8 Å². The summed E-state index contributed by atoms with van der Waals surface area (Å²) in [5, 5.41) is 10.3. The number of benzene rings is 2. The van der Waals surface area contributed by atoms with Crippen LogP contribution in [0.5, 0.6) is 0 Å². The van der Waals surface area contributed by atoms with Crippen LogP contribution >= 0.6 is 27.5 Å². The van der Waals surface area contributed by atoms with E-state index in [1.807, 2.05) is 47.3 Å². The van der Waals surface area contributed by atoms with Crippen LogP contribution in [0.2, 0.25) is 5.02 Å². The van der Waals surface area contributed by atoms with Crippen molar-refractivity contribution in [2.75, 3.05) is 5.32 Å². The van der Waals surface area contributed by atoms with Crippen molar-refractivity contribution in [1.29, 1.82) is 0 Å². The molecule has 1 aromatic heterocycles. The van der Waals surface area contributed by atoms with Crippen LogP contribution < -0.4 is 10.6 Å². The minimum absolute atomic E-state index is 0.307. The molecule has 7 heteroatoms. The first kappa shape index (κ1) is 17.5. The van der Waals surface area contributed by atoms with E-state index in [-0.39, 0.29) is 6.03 Å². The van der Waals surface area contributed by atoms with Crippen molar-refractivity contribution in [3.05, 3.63) is 81.5 Å². The maximum absolute atomic E-state index is 12.1. The highest BCUT2D eigenvalue weighted by atomic mass is 79.9.